The summed E-state index contributed by atoms with van der Waals surface area (Å²) in [6, 6.07) is 5.63. The molecule has 0 saturated heterocycles. The quantitative estimate of drug-likeness (QED) is 0.746. The van der Waals surface area contributed by atoms with Crippen molar-refractivity contribution in [3.8, 4) is 0 Å². The number of aromatic nitrogens is 2. The standard InChI is InChI=1S/C11H14ClN3/c1-11(2,3)15-9-5-4-7(12)6-8(9)14-10(15)13/h4-6H,1-3H3,(H2,13,14). The van der Waals surface area contributed by atoms with Gasteiger partial charge in [-0.2, -0.15) is 0 Å². The molecule has 0 unspecified atom stereocenters. The van der Waals surface area contributed by atoms with Crippen LogP contribution in [0.5, 0.6) is 0 Å². The maximum absolute atomic E-state index is 5.90. The van der Waals surface area contributed by atoms with E-state index in [1.807, 2.05) is 22.8 Å². The average Bonchev–Trinajstić information content (AvgIpc) is 2.38. The second kappa shape index (κ2) is 3.14. The van der Waals surface area contributed by atoms with Gasteiger partial charge in [0.25, 0.3) is 0 Å². The zero-order valence-electron chi connectivity index (χ0n) is 9.08. The topological polar surface area (TPSA) is 43.8 Å². The molecular weight excluding hydrogens is 210 g/mol. The molecule has 15 heavy (non-hydrogen) atoms. The van der Waals surface area contributed by atoms with Gasteiger partial charge in [0.1, 0.15) is 0 Å². The van der Waals surface area contributed by atoms with Crippen LogP contribution in [-0.4, -0.2) is 9.55 Å². The van der Waals surface area contributed by atoms with Crippen molar-refractivity contribution in [1.82, 2.24) is 9.55 Å². The molecule has 0 saturated carbocycles. The molecule has 4 heteroatoms. The largest absolute Gasteiger partial charge is 0.369 e. The number of benzene rings is 1. The van der Waals surface area contributed by atoms with Gasteiger partial charge in [-0.25, -0.2) is 4.98 Å². The molecule has 0 aliphatic heterocycles. The fraction of sp³-hybridized carbons (Fsp3) is 0.364. The van der Waals surface area contributed by atoms with Crippen LogP contribution in [0, 0.1) is 0 Å². The Labute approximate surface area is 93.9 Å². The number of hydrogen-bond acceptors (Lipinski definition) is 2. The van der Waals surface area contributed by atoms with Crippen LogP contribution in [-0.2, 0) is 5.54 Å². The number of nitrogens with two attached hydrogens (primary N) is 1. The molecule has 2 N–H and O–H groups in total. The SMILES string of the molecule is CC(C)(C)n1c(N)nc2cc(Cl)ccc21. The molecule has 0 atom stereocenters. The van der Waals surface area contributed by atoms with Gasteiger partial charge < -0.3 is 10.3 Å². The highest BCUT2D eigenvalue weighted by Crippen LogP contribution is 2.27. The lowest BCUT2D eigenvalue weighted by Gasteiger charge is -2.23. The predicted octanol–water partition coefficient (Wildman–Crippen LogP) is 3.03. The Morgan fingerprint density at radius 2 is 2.00 bits per heavy atom. The number of anilines is 1. The molecule has 0 aliphatic rings. The van der Waals surface area contributed by atoms with Gasteiger partial charge in [-0.05, 0) is 39.0 Å². The van der Waals surface area contributed by atoms with Crippen LogP contribution >= 0.6 is 11.6 Å². The smallest absolute Gasteiger partial charge is 0.201 e. The number of rotatable bonds is 0. The van der Waals surface area contributed by atoms with Crippen molar-refractivity contribution in [1.29, 1.82) is 0 Å². The molecule has 2 aromatic rings. The molecule has 1 aromatic carbocycles. The van der Waals surface area contributed by atoms with Crippen LogP contribution in [0.3, 0.4) is 0 Å². The van der Waals surface area contributed by atoms with E-state index in [1.165, 1.54) is 0 Å². The lowest BCUT2D eigenvalue weighted by molar-refractivity contribution is 0.414. The summed E-state index contributed by atoms with van der Waals surface area (Å²) >= 11 is 5.90. The van der Waals surface area contributed by atoms with Crippen molar-refractivity contribution in [3.05, 3.63) is 23.2 Å². The van der Waals surface area contributed by atoms with Crippen molar-refractivity contribution in [3.63, 3.8) is 0 Å². The van der Waals surface area contributed by atoms with Gasteiger partial charge in [0.15, 0.2) is 0 Å². The van der Waals surface area contributed by atoms with Gasteiger partial charge in [-0.15, -0.1) is 0 Å². The molecule has 0 fully saturated rings. The fourth-order valence-electron chi connectivity index (χ4n) is 1.78. The number of fused-ring (bicyclic) bond motifs is 1. The maximum atomic E-state index is 5.90. The summed E-state index contributed by atoms with van der Waals surface area (Å²) in [5.41, 5.74) is 7.68. The maximum Gasteiger partial charge on any atom is 0.201 e. The number of nitrogen functional groups attached to an aromatic ring is 1. The summed E-state index contributed by atoms with van der Waals surface area (Å²) in [6.45, 7) is 6.29. The third-order valence-electron chi connectivity index (χ3n) is 2.31. The van der Waals surface area contributed by atoms with E-state index in [-0.39, 0.29) is 5.54 Å². The summed E-state index contributed by atoms with van der Waals surface area (Å²) in [4.78, 5) is 4.30. The number of halogens is 1. The first kappa shape index (κ1) is 10.3. The number of imidazole rings is 1. The minimum absolute atomic E-state index is 0.0767. The van der Waals surface area contributed by atoms with E-state index in [9.17, 15) is 0 Å². The molecule has 2 rings (SSSR count). The van der Waals surface area contributed by atoms with Crippen molar-refractivity contribution in [2.75, 3.05) is 5.73 Å². The van der Waals surface area contributed by atoms with Crippen molar-refractivity contribution < 1.29 is 0 Å². The zero-order valence-corrected chi connectivity index (χ0v) is 9.84. The Morgan fingerprint density at radius 1 is 1.33 bits per heavy atom. The highest BCUT2D eigenvalue weighted by atomic mass is 35.5. The zero-order chi connectivity index (χ0) is 11.2. The van der Waals surface area contributed by atoms with Gasteiger partial charge in [0.2, 0.25) is 5.95 Å². The molecule has 1 heterocycles. The molecule has 3 nitrogen and oxygen atoms in total. The lowest BCUT2D eigenvalue weighted by Crippen LogP contribution is -2.23. The number of hydrogen-bond donors (Lipinski definition) is 1. The molecule has 0 amide bonds. The Morgan fingerprint density at radius 3 is 2.60 bits per heavy atom. The first-order valence-electron chi connectivity index (χ1n) is 4.83. The summed E-state index contributed by atoms with van der Waals surface area (Å²) in [5.74, 6) is 0.528. The van der Waals surface area contributed by atoms with Gasteiger partial charge in [0, 0.05) is 10.6 Å². The molecule has 0 spiro atoms. The van der Waals surface area contributed by atoms with E-state index >= 15 is 0 Å². The Balaban J connectivity index is 2.80. The third-order valence-corrected chi connectivity index (χ3v) is 2.55. The van der Waals surface area contributed by atoms with Gasteiger partial charge in [0.05, 0.1) is 11.0 Å². The first-order chi connectivity index (χ1) is 6.89. The van der Waals surface area contributed by atoms with Gasteiger partial charge >= 0.3 is 0 Å². The molecule has 0 radical (unpaired) electrons. The predicted molar refractivity (Wildman–Crippen MR) is 64.2 cm³/mol. The van der Waals surface area contributed by atoms with Crippen molar-refractivity contribution in [2.45, 2.75) is 26.3 Å². The summed E-state index contributed by atoms with van der Waals surface area (Å²) in [7, 11) is 0. The molecule has 0 bridgehead atoms. The fourth-order valence-corrected chi connectivity index (χ4v) is 1.94. The van der Waals surface area contributed by atoms with E-state index in [0.717, 1.165) is 11.0 Å². The van der Waals surface area contributed by atoms with Crippen LogP contribution in [0.15, 0.2) is 18.2 Å². The van der Waals surface area contributed by atoms with Crippen molar-refractivity contribution >= 4 is 28.6 Å². The Hall–Kier alpha value is -1.22. The van der Waals surface area contributed by atoms with E-state index in [0.29, 0.717) is 11.0 Å². The van der Waals surface area contributed by atoms with Gasteiger partial charge in [-0.3, -0.25) is 0 Å². The third kappa shape index (κ3) is 1.67. The minimum Gasteiger partial charge on any atom is -0.369 e. The number of nitrogens with zero attached hydrogens (tertiary/aromatic N) is 2. The van der Waals surface area contributed by atoms with Crippen LogP contribution in [0.1, 0.15) is 20.8 Å². The highest BCUT2D eigenvalue weighted by Gasteiger charge is 2.19. The van der Waals surface area contributed by atoms with Gasteiger partial charge in [-0.1, -0.05) is 11.6 Å². The van der Waals surface area contributed by atoms with E-state index in [1.54, 1.807) is 0 Å². The molecular formula is C11H14ClN3. The molecule has 1 aromatic heterocycles. The Kier molecular flexibility index (Phi) is 2.15. The normalized spacial score (nSPS) is 12.3. The average molecular weight is 224 g/mol. The van der Waals surface area contributed by atoms with Crippen molar-refractivity contribution in [2.24, 2.45) is 0 Å². The van der Waals surface area contributed by atoms with Crippen LogP contribution < -0.4 is 5.73 Å². The first-order valence-corrected chi connectivity index (χ1v) is 5.21. The lowest BCUT2D eigenvalue weighted by atomic mass is 10.1. The van der Waals surface area contributed by atoms with Crippen LogP contribution in [0.4, 0.5) is 5.95 Å². The monoisotopic (exact) mass is 223 g/mol. The molecule has 0 aliphatic carbocycles. The highest BCUT2D eigenvalue weighted by molar-refractivity contribution is 6.31. The summed E-state index contributed by atoms with van der Waals surface area (Å²) in [5, 5.41) is 0.682. The van der Waals surface area contributed by atoms with E-state index < -0.39 is 0 Å². The second-order valence-electron chi connectivity index (χ2n) is 4.61. The Bertz CT molecular complexity index is 508. The van der Waals surface area contributed by atoms with Crippen LogP contribution in [0.25, 0.3) is 11.0 Å². The van der Waals surface area contributed by atoms with E-state index in [2.05, 4.69) is 25.8 Å². The minimum atomic E-state index is -0.0767. The van der Waals surface area contributed by atoms with Crippen LogP contribution in [0.2, 0.25) is 5.02 Å². The summed E-state index contributed by atoms with van der Waals surface area (Å²) in [6.07, 6.45) is 0. The van der Waals surface area contributed by atoms with E-state index in [4.69, 9.17) is 17.3 Å². The summed E-state index contributed by atoms with van der Waals surface area (Å²) < 4.78 is 2.01. The second-order valence-corrected chi connectivity index (χ2v) is 5.05. The molecule has 80 valence electrons.